The average Bonchev–Trinajstić information content (AvgIpc) is 3.28. The molecule has 0 saturated carbocycles. The number of nitrogens with zero attached hydrogens (tertiary/aromatic N) is 5. The second-order valence-electron chi connectivity index (χ2n) is 9.02. The van der Waals surface area contributed by atoms with Crippen LogP contribution >= 0.6 is 0 Å². The zero-order valence-corrected chi connectivity index (χ0v) is 23.9. The molecule has 0 radical (unpaired) electrons. The Bertz CT molecular complexity index is 913. The topological polar surface area (TPSA) is 75.1 Å². The lowest BCUT2D eigenvalue weighted by atomic mass is 10.1. The third-order valence-electron chi connectivity index (χ3n) is 6.09. The van der Waals surface area contributed by atoms with Crippen LogP contribution < -0.4 is 15.1 Å². The van der Waals surface area contributed by atoms with Crippen LogP contribution in [0.25, 0.3) is 0 Å². The van der Waals surface area contributed by atoms with E-state index in [1.54, 1.807) is 0 Å². The van der Waals surface area contributed by atoms with E-state index in [9.17, 15) is 0 Å². The highest BCUT2D eigenvalue weighted by atomic mass is 16.5. The first-order chi connectivity index (χ1) is 18.1. The van der Waals surface area contributed by atoms with Crippen LogP contribution in [-0.4, -0.2) is 73.1 Å². The number of nitrogens with one attached hydrogen (secondary N) is 1. The Balaban J connectivity index is 0.00000235. The molecule has 2 aliphatic rings. The molecule has 0 bridgehead atoms. The number of rotatable bonds is 13. The summed E-state index contributed by atoms with van der Waals surface area (Å²) in [5, 5.41) is 4.70. The van der Waals surface area contributed by atoms with Crippen molar-refractivity contribution in [2.75, 3.05) is 62.9 Å². The predicted molar refractivity (Wildman–Crippen MR) is 156 cm³/mol. The summed E-state index contributed by atoms with van der Waals surface area (Å²) in [5.74, 6) is 1.54. The Morgan fingerprint density at radius 1 is 1.11 bits per heavy atom. The summed E-state index contributed by atoms with van der Waals surface area (Å²) in [6.45, 7) is 19.3. The van der Waals surface area contributed by atoms with Crippen LogP contribution in [0.15, 0.2) is 46.6 Å². The summed E-state index contributed by atoms with van der Waals surface area (Å²) >= 11 is 0. The van der Waals surface area contributed by atoms with E-state index < -0.39 is 0 Å². The van der Waals surface area contributed by atoms with Gasteiger partial charge in [-0.1, -0.05) is 57.6 Å². The van der Waals surface area contributed by atoms with Crippen LogP contribution in [0.3, 0.4) is 0 Å². The van der Waals surface area contributed by atoms with Gasteiger partial charge in [0.25, 0.3) is 0 Å². The number of hydrazone groups is 1. The number of allylic oxidation sites excluding steroid dienone is 6. The molecular formula is C29H48N6O2. The highest BCUT2D eigenvalue weighted by molar-refractivity contribution is 5.93. The second kappa shape index (κ2) is 17.7. The van der Waals surface area contributed by atoms with Crippen molar-refractivity contribution < 1.29 is 9.47 Å². The fraction of sp³-hybridized carbons (Fsp3) is 0.621. The van der Waals surface area contributed by atoms with Gasteiger partial charge in [-0.3, -0.25) is 10.3 Å². The first-order valence-electron chi connectivity index (χ1n) is 14.0. The van der Waals surface area contributed by atoms with Crippen LogP contribution in [0.4, 0.5) is 11.6 Å². The lowest BCUT2D eigenvalue weighted by Crippen LogP contribution is -2.38. The molecule has 0 aromatic carbocycles. The lowest BCUT2D eigenvalue weighted by Gasteiger charge is -2.26. The van der Waals surface area contributed by atoms with E-state index in [1.807, 2.05) is 32.9 Å². The van der Waals surface area contributed by atoms with Gasteiger partial charge in [0.15, 0.2) is 5.82 Å². The summed E-state index contributed by atoms with van der Waals surface area (Å²) in [7, 11) is 0. The first kappa shape index (κ1) is 30.5. The number of morpholine rings is 1. The molecule has 1 fully saturated rings. The van der Waals surface area contributed by atoms with Crippen molar-refractivity contribution in [2.24, 2.45) is 5.10 Å². The Morgan fingerprint density at radius 2 is 1.84 bits per heavy atom. The van der Waals surface area contributed by atoms with Crippen LogP contribution in [-0.2, 0) is 4.74 Å². The summed E-state index contributed by atoms with van der Waals surface area (Å²) in [6.07, 6.45) is 12.2. The third-order valence-corrected chi connectivity index (χ3v) is 6.09. The van der Waals surface area contributed by atoms with Crippen LogP contribution in [0.5, 0.6) is 6.01 Å². The van der Waals surface area contributed by atoms with Crippen molar-refractivity contribution in [3.63, 3.8) is 0 Å². The van der Waals surface area contributed by atoms with Gasteiger partial charge in [-0.2, -0.15) is 15.1 Å². The van der Waals surface area contributed by atoms with Gasteiger partial charge in [0.2, 0.25) is 0 Å². The molecule has 8 heteroatoms. The fourth-order valence-electron chi connectivity index (χ4n) is 4.22. The maximum Gasteiger partial charge on any atom is 0.320 e. The third kappa shape index (κ3) is 10.7. The molecule has 0 spiro atoms. The average molecular weight is 513 g/mol. The molecule has 1 N–H and O–H groups in total. The predicted octanol–water partition coefficient (Wildman–Crippen LogP) is 5.85. The van der Waals surface area contributed by atoms with Crippen molar-refractivity contribution in [3.05, 3.63) is 41.5 Å². The molecule has 1 aliphatic carbocycles. The minimum Gasteiger partial charge on any atom is -0.462 e. The molecular weight excluding hydrogens is 464 g/mol. The van der Waals surface area contributed by atoms with E-state index in [0.29, 0.717) is 18.4 Å². The quantitative estimate of drug-likeness (QED) is 0.262. The van der Waals surface area contributed by atoms with Crippen molar-refractivity contribution in [2.45, 2.75) is 67.2 Å². The zero-order valence-electron chi connectivity index (χ0n) is 23.9. The van der Waals surface area contributed by atoms with Gasteiger partial charge in [-0.15, -0.1) is 0 Å². The van der Waals surface area contributed by atoms with Crippen LogP contribution in [0.2, 0.25) is 0 Å². The monoisotopic (exact) mass is 512 g/mol. The molecule has 0 unspecified atom stereocenters. The summed E-state index contributed by atoms with van der Waals surface area (Å²) in [5.41, 5.74) is 6.99. The number of aromatic nitrogens is 2. The molecule has 0 amide bonds. The number of ether oxygens (including phenoxy) is 2. The maximum atomic E-state index is 6.01. The molecule has 0 atom stereocenters. The van der Waals surface area contributed by atoms with Crippen LogP contribution in [0.1, 0.15) is 67.2 Å². The van der Waals surface area contributed by atoms with Crippen molar-refractivity contribution in [1.29, 1.82) is 0 Å². The first-order valence-corrected chi connectivity index (χ1v) is 14.0. The molecule has 1 aromatic rings. The number of hydrogen-bond donors (Lipinski definition) is 1. The van der Waals surface area contributed by atoms with E-state index in [1.165, 1.54) is 11.1 Å². The van der Waals surface area contributed by atoms with Gasteiger partial charge in [-0.05, 0) is 32.3 Å². The molecule has 2 heterocycles. The van der Waals surface area contributed by atoms with Crippen LogP contribution in [0, 0.1) is 0 Å². The minimum absolute atomic E-state index is 0.395. The van der Waals surface area contributed by atoms with Crippen molar-refractivity contribution >= 4 is 17.3 Å². The van der Waals surface area contributed by atoms with E-state index in [0.717, 1.165) is 83.2 Å². The fourth-order valence-corrected chi connectivity index (χ4v) is 4.22. The molecule has 3 rings (SSSR count). The van der Waals surface area contributed by atoms with Gasteiger partial charge in [0, 0.05) is 57.3 Å². The normalized spacial score (nSPS) is 17.5. The lowest BCUT2D eigenvalue weighted by molar-refractivity contribution is 0.0317. The smallest absolute Gasteiger partial charge is 0.320 e. The Kier molecular flexibility index (Phi) is 14.6. The number of anilines is 2. The van der Waals surface area contributed by atoms with E-state index in [-0.39, 0.29) is 0 Å². The van der Waals surface area contributed by atoms with E-state index in [4.69, 9.17) is 19.6 Å². The van der Waals surface area contributed by atoms with Crippen molar-refractivity contribution in [1.82, 2.24) is 14.9 Å². The Labute approximate surface area is 224 Å². The number of hydrogen-bond acceptors (Lipinski definition) is 8. The maximum absolute atomic E-state index is 6.01. The standard InChI is InChI=1S/C27H42N6O2.C2H6/c1-5-8-9-10-23-20-24(19-22(23)4)30-31-25-21-26(33(11-6-2)12-7-3)29-27(28-25)35-18-15-32-13-16-34-17-14-32;1-2/h5,8-10,21H,6-7,11-20H2,1-4H3,(H,28,29,31);1-2H3/b8-5-,10-9-,30-24+;. The van der Waals surface area contributed by atoms with Gasteiger partial charge in [0.05, 0.1) is 13.2 Å². The second-order valence-corrected chi connectivity index (χ2v) is 9.02. The molecule has 37 heavy (non-hydrogen) atoms. The highest BCUT2D eigenvalue weighted by Gasteiger charge is 2.17. The van der Waals surface area contributed by atoms with Gasteiger partial charge >= 0.3 is 6.01 Å². The molecule has 1 aromatic heterocycles. The SMILES string of the molecule is C/C=C\C=C/C1=C(C)C/C(=N\Nc2cc(N(CCC)CCC)nc(OCCN3CCOCC3)n2)C1.CC. The molecule has 8 nitrogen and oxygen atoms in total. The summed E-state index contributed by atoms with van der Waals surface area (Å²) < 4.78 is 11.4. The Hall–Kier alpha value is -2.71. The minimum atomic E-state index is 0.395. The van der Waals surface area contributed by atoms with E-state index in [2.05, 4.69) is 59.2 Å². The molecule has 206 valence electrons. The summed E-state index contributed by atoms with van der Waals surface area (Å²) in [4.78, 5) is 14.0. The van der Waals surface area contributed by atoms with Crippen molar-refractivity contribution in [3.8, 4) is 6.01 Å². The summed E-state index contributed by atoms with van der Waals surface area (Å²) in [6, 6.07) is 2.37. The van der Waals surface area contributed by atoms with Gasteiger partial charge in [-0.25, -0.2) is 0 Å². The highest BCUT2D eigenvalue weighted by Crippen LogP contribution is 2.26. The Morgan fingerprint density at radius 3 is 2.51 bits per heavy atom. The van der Waals surface area contributed by atoms with Gasteiger partial charge in [0.1, 0.15) is 12.4 Å². The van der Waals surface area contributed by atoms with Gasteiger partial charge < -0.3 is 14.4 Å². The van der Waals surface area contributed by atoms with E-state index >= 15 is 0 Å². The molecule has 1 saturated heterocycles. The zero-order chi connectivity index (χ0) is 26.9. The largest absolute Gasteiger partial charge is 0.462 e. The molecule has 1 aliphatic heterocycles.